The number of rotatable bonds is 4. The second-order valence-corrected chi connectivity index (χ2v) is 6.75. The molecule has 19 heavy (non-hydrogen) atoms. The summed E-state index contributed by atoms with van der Waals surface area (Å²) < 4.78 is 13.7. The van der Waals surface area contributed by atoms with E-state index in [1.54, 1.807) is 23.5 Å². The third-order valence-electron chi connectivity index (χ3n) is 3.19. The molecule has 0 aliphatic heterocycles. The van der Waals surface area contributed by atoms with Crippen molar-refractivity contribution in [3.8, 4) is 10.6 Å². The number of benzene rings is 1. The summed E-state index contributed by atoms with van der Waals surface area (Å²) in [7, 11) is 0. The van der Waals surface area contributed by atoms with Crippen molar-refractivity contribution in [1.82, 2.24) is 10.3 Å². The number of aryl methyl sites for hydroxylation is 1. The zero-order chi connectivity index (χ0) is 13.4. The van der Waals surface area contributed by atoms with Crippen molar-refractivity contribution in [2.75, 3.05) is 0 Å². The molecule has 1 aromatic heterocycles. The topological polar surface area (TPSA) is 24.9 Å². The molecule has 1 aromatic carbocycles. The average molecular weight is 341 g/mol. The number of thiazole rings is 1. The summed E-state index contributed by atoms with van der Waals surface area (Å²) in [5, 5.41) is 4.45. The highest BCUT2D eigenvalue weighted by Crippen LogP contribution is 2.31. The van der Waals surface area contributed by atoms with E-state index in [2.05, 4.69) is 26.2 Å². The monoisotopic (exact) mass is 340 g/mol. The normalized spacial score (nSPS) is 14.9. The first-order valence-corrected chi connectivity index (χ1v) is 7.89. The maximum absolute atomic E-state index is 13.2. The van der Waals surface area contributed by atoms with Gasteiger partial charge in [-0.3, -0.25) is 0 Å². The molecule has 0 amide bonds. The minimum atomic E-state index is -0.243. The van der Waals surface area contributed by atoms with E-state index in [0.29, 0.717) is 10.5 Å². The second-order valence-electron chi connectivity index (χ2n) is 4.81. The molecule has 0 spiro atoms. The summed E-state index contributed by atoms with van der Waals surface area (Å²) in [6, 6.07) is 5.73. The van der Waals surface area contributed by atoms with Gasteiger partial charge in [0.1, 0.15) is 10.8 Å². The second kappa shape index (κ2) is 5.31. The van der Waals surface area contributed by atoms with Gasteiger partial charge < -0.3 is 5.32 Å². The van der Waals surface area contributed by atoms with Crippen LogP contribution in [0.5, 0.6) is 0 Å². The lowest BCUT2D eigenvalue weighted by molar-refractivity contribution is 0.621. The maximum Gasteiger partial charge on any atom is 0.137 e. The molecule has 0 bridgehead atoms. The van der Waals surface area contributed by atoms with E-state index in [1.807, 2.05) is 6.92 Å². The molecule has 1 fully saturated rings. The van der Waals surface area contributed by atoms with Gasteiger partial charge in [-0.1, -0.05) is 0 Å². The summed E-state index contributed by atoms with van der Waals surface area (Å²) >= 11 is 4.90. The van der Waals surface area contributed by atoms with Crippen LogP contribution in [0.15, 0.2) is 22.7 Å². The number of nitrogens with one attached hydrogen (secondary N) is 1. The minimum absolute atomic E-state index is 0.243. The SMILES string of the molecule is Cc1nc(-c2ccc(F)c(Br)c2)sc1CNC1CC1. The van der Waals surface area contributed by atoms with Gasteiger partial charge >= 0.3 is 0 Å². The van der Waals surface area contributed by atoms with Crippen LogP contribution in [0.3, 0.4) is 0 Å². The van der Waals surface area contributed by atoms with Gasteiger partial charge in [-0.2, -0.15) is 0 Å². The van der Waals surface area contributed by atoms with E-state index in [4.69, 9.17) is 0 Å². The van der Waals surface area contributed by atoms with E-state index < -0.39 is 0 Å². The van der Waals surface area contributed by atoms with Gasteiger partial charge in [-0.15, -0.1) is 11.3 Å². The zero-order valence-corrected chi connectivity index (χ0v) is 12.9. The Balaban J connectivity index is 1.83. The van der Waals surface area contributed by atoms with Gasteiger partial charge in [0.05, 0.1) is 10.2 Å². The largest absolute Gasteiger partial charge is 0.309 e. The Bertz CT molecular complexity index is 607. The van der Waals surface area contributed by atoms with E-state index in [-0.39, 0.29) is 5.82 Å². The number of hydrogen-bond acceptors (Lipinski definition) is 3. The molecule has 0 atom stereocenters. The summed E-state index contributed by atoms with van der Waals surface area (Å²) in [4.78, 5) is 5.85. The molecule has 5 heteroatoms. The van der Waals surface area contributed by atoms with Crippen molar-refractivity contribution in [3.05, 3.63) is 39.1 Å². The fraction of sp³-hybridized carbons (Fsp3) is 0.357. The standard InChI is InChI=1S/C14H14BrFN2S/c1-8-13(7-17-10-3-4-10)19-14(18-8)9-2-5-12(16)11(15)6-9/h2,5-6,10,17H,3-4,7H2,1H3. The maximum atomic E-state index is 13.2. The third-order valence-corrected chi connectivity index (χ3v) is 5.00. The van der Waals surface area contributed by atoms with Crippen molar-refractivity contribution >= 4 is 27.3 Å². The van der Waals surface area contributed by atoms with Crippen LogP contribution in [-0.2, 0) is 6.54 Å². The Morgan fingerprint density at radius 3 is 2.95 bits per heavy atom. The highest BCUT2D eigenvalue weighted by molar-refractivity contribution is 9.10. The van der Waals surface area contributed by atoms with Crippen LogP contribution in [0.2, 0.25) is 0 Å². The van der Waals surface area contributed by atoms with E-state index in [1.165, 1.54) is 23.8 Å². The average Bonchev–Trinajstić information content (AvgIpc) is 3.14. The Morgan fingerprint density at radius 1 is 1.47 bits per heavy atom. The zero-order valence-electron chi connectivity index (χ0n) is 10.5. The van der Waals surface area contributed by atoms with Crippen LogP contribution < -0.4 is 5.32 Å². The molecule has 0 saturated heterocycles. The molecule has 1 heterocycles. The highest BCUT2D eigenvalue weighted by Gasteiger charge is 2.21. The summed E-state index contributed by atoms with van der Waals surface area (Å²) in [6.07, 6.45) is 2.57. The Morgan fingerprint density at radius 2 is 2.26 bits per heavy atom. The number of hydrogen-bond donors (Lipinski definition) is 1. The van der Waals surface area contributed by atoms with Crippen molar-refractivity contribution in [2.24, 2.45) is 0 Å². The fourth-order valence-corrected chi connectivity index (χ4v) is 3.26. The predicted molar refractivity (Wildman–Crippen MR) is 79.8 cm³/mol. The van der Waals surface area contributed by atoms with Gasteiger partial charge in [0.25, 0.3) is 0 Å². The Hall–Kier alpha value is -0.780. The molecule has 1 saturated carbocycles. The third kappa shape index (κ3) is 3.04. The summed E-state index contributed by atoms with van der Waals surface area (Å²) in [6.45, 7) is 2.92. The molecule has 1 aliphatic rings. The van der Waals surface area contributed by atoms with Gasteiger partial charge in [-0.05, 0) is 53.9 Å². The first kappa shape index (κ1) is 13.2. The van der Waals surface area contributed by atoms with Crippen LogP contribution in [-0.4, -0.2) is 11.0 Å². The van der Waals surface area contributed by atoms with Gasteiger partial charge in [-0.25, -0.2) is 9.37 Å². The Kier molecular flexibility index (Phi) is 3.69. The van der Waals surface area contributed by atoms with Gasteiger partial charge in [0.15, 0.2) is 0 Å². The van der Waals surface area contributed by atoms with Gasteiger partial charge in [0, 0.05) is 23.0 Å². The van der Waals surface area contributed by atoms with Crippen LogP contribution in [0, 0.1) is 12.7 Å². The summed E-state index contributed by atoms with van der Waals surface area (Å²) in [5.74, 6) is -0.243. The van der Waals surface area contributed by atoms with Crippen LogP contribution in [0.1, 0.15) is 23.4 Å². The number of nitrogens with zero attached hydrogens (tertiary/aromatic N) is 1. The lowest BCUT2D eigenvalue weighted by atomic mass is 10.2. The van der Waals surface area contributed by atoms with E-state index >= 15 is 0 Å². The van der Waals surface area contributed by atoms with Crippen molar-refractivity contribution in [1.29, 1.82) is 0 Å². The lowest BCUT2D eigenvalue weighted by Crippen LogP contribution is -2.14. The Labute approximate surface area is 124 Å². The van der Waals surface area contributed by atoms with Crippen molar-refractivity contribution < 1.29 is 4.39 Å². The molecule has 0 radical (unpaired) electrons. The van der Waals surface area contributed by atoms with Crippen LogP contribution in [0.4, 0.5) is 4.39 Å². The van der Waals surface area contributed by atoms with E-state index in [9.17, 15) is 4.39 Å². The van der Waals surface area contributed by atoms with Crippen molar-refractivity contribution in [2.45, 2.75) is 32.4 Å². The molecule has 100 valence electrons. The molecule has 2 nitrogen and oxygen atoms in total. The molecule has 1 N–H and O–H groups in total. The number of halogens is 2. The predicted octanol–water partition coefficient (Wildman–Crippen LogP) is 4.27. The first-order valence-electron chi connectivity index (χ1n) is 6.28. The molecular weight excluding hydrogens is 327 g/mol. The lowest BCUT2D eigenvalue weighted by Gasteiger charge is -1.99. The van der Waals surface area contributed by atoms with E-state index in [0.717, 1.165) is 22.8 Å². The molecule has 2 aromatic rings. The smallest absolute Gasteiger partial charge is 0.137 e. The van der Waals surface area contributed by atoms with Gasteiger partial charge in [0.2, 0.25) is 0 Å². The highest BCUT2D eigenvalue weighted by atomic mass is 79.9. The molecular formula is C14H14BrFN2S. The minimum Gasteiger partial charge on any atom is -0.309 e. The quantitative estimate of drug-likeness (QED) is 0.898. The molecule has 3 rings (SSSR count). The summed E-state index contributed by atoms with van der Waals surface area (Å²) in [5.41, 5.74) is 2.02. The first-order chi connectivity index (χ1) is 9.13. The van der Waals surface area contributed by atoms with Crippen molar-refractivity contribution in [3.63, 3.8) is 0 Å². The van der Waals surface area contributed by atoms with Crippen LogP contribution >= 0.6 is 27.3 Å². The number of aromatic nitrogens is 1. The fourth-order valence-electron chi connectivity index (χ4n) is 1.87. The van der Waals surface area contributed by atoms with Crippen LogP contribution in [0.25, 0.3) is 10.6 Å². The molecule has 0 unspecified atom stereocenters. The molecule has 1 aliphatic carbocycles.